The van der Waals surface area contributed by atoms with Gasteiger partial charge in [0.1, 0.15) is 0 Å². The van der Waals surface area contributed by atoms with Gasteiger partial charge in [-0.25, -0.2) is 0 Å². The molecule has 1 unspecified atom stereocenters. The molecule has 1 atom stereocenters. The van der Waals surface area contributed by atoms with Crippen LogP contribution in [-0.2, 0) is 4.74 Å². The van der Waals surface area contributed by atoms with Crippen molar-refractivity contribution in [1.29, 1.82) is 0 Å². The number of nitrogens with zero attached hydrogens (tertiary/aromatic N) is 1. The summed E-state index contributed by atoms with van der Waals surface area (Å²) in [7, 11) is 2.21. The molecule has 17 heavy (non-hydrogen) atoms. The lowest BCUT2D eigenvalue weighted by Gasteiger charge is -2.40. The largest absolute Gasteiger partial charge is 0.381 e. The Morgan fingerprint density at radius 2 is 2.18 bits per heavy atom. The molecule has 1 aliphatic rings. The quantitative estimate of drug-likeness (QED) is 0.739. The van der Waals surface area contributed by atoms with Crippen molar-refractivity contribution in [3.05, 3.63) is 0 Å². The monoisotopic (exact) mass is 242 g/mol. The van der Waals surface area contributed by atoms with Gasteiger partial charge in [0.2, 0.25) is 0 Å². The standard InChI is InChI=1S/C14H30N2O/c1-5-16(4)11-14(7-6-8-17-12-14)10-15-9-13(2)3/h13,15H,5-12H2,1-4H3. The van der Waals surface area contributed by atoms with E-state index in [9.17, 15) is 0 Å². The minimum atomic E-state index is 0.331. The predicted molar refractivity (Wildman–Crippen MR) is 73.4 cm³/mol. The van der Waals surface area contributed by atoms with Crippen LogP contribution in [0.25, 0.3) is 0 Å². The molecule has 3 heteroatoms. The average molecular weight is 242 g/mol. The summed E-state index contributed by atoms with van der Waals surface area (Å²) in [4.78, 5) is 2.41. The van der Waals surface area contributed by atoms with Gasteiger partial charge in [0.25, 0.3) is 0 Å². The topological polar surface area (TPSA) is 24.5 Å². The van der Waals surface area contributed by atoms with E-state index in [0.717, 1.165) is 45.3 Å². The van der Waals surface area contributed by atoms with E-state index in [1.54, 1.807) is 0 Å². The van der Waals surface area contributed by atoms with Gasteiger partial charge < -0.3 is 15.0 Å². The Bertz CT molecular complexity index is 200. The zero-order valence-corrected chi connectivity index (χ0v) is 12.1. The molecule has 102 valence electrons. The maximum Gasteiger partial charge on any atom is 0.0546 e. The molecule has 1 saturated heterocycles. The van der Waals surface area contributed by atoms with Crippen LogP contribution in [0.1, 0.15) is 33.6 Å². The first-order valence-electron chi connectivity index (χ1n) is 7.05. The second-order valence-corrected chi connectivity index (χ2v) is 6.01. The Kier molecular flexibility index (Phi) is 6.45. The highest BCUT2D eigenvalue weighted by atomic mass is 16.5. The van der Waals surface area contributed by atoms with Crippen LogP contribution in [0.4, 0.5) is 0 Å². The SMILES string of the molecule is CCN(C)CC1(CNCC(C)C)CCCOC1. The van der Waals surface area contributed by atoms with Gasteiger partial charge in [0, 0.05) is 25.1 Å². The van der Waals surface area contributed by atoms with E-state index in [1.165, 1.54) is 12.8 Å². The first-order chi connectivity index (χ1) is 8.08. The van der Waals surface area contributed by atoms with Gasteiger partial charge >= 0.3 is 0 Å². The molecular formula is C14H30N2O. The molecule has 1 aliphatic heterocycles. The highest BCUT2D eigenvalue weighted by Gasteiger charge is 2.33. The molecule has 1 N–H and O–H groups in total. The van der Waals surface area contributed by atoms with Crippen molar-refractivity contribution >= 4 is 0 Å². The summed E-state index contributed by atoms with van der Waals surface area (Å²) in [6.45, 7) is 13.1. The molecule has 0 spiro atoms. The minimum absolute atomic E-state index is 0.331. The molecular weight excluding hydrogens is 212 g/mol. The van der Waals surface area contributed by atoms with Crippen molar-refractivity contribution in [2.24, 2.45) is 11.3 Å². The zero-order valence-electron chi connectivity index (χ0n) is 12.1. The van der Waals surface area contributed by atoms with Gasteiger partial charge in [-0.15, -0.1) is 0 Å². The third kappa shape index (κ3) is 5.36. The van der Waals surface area contributed by atoms with Gasteiger partial charge in [-0.05, 0) is 38.9 Å². The van der Waals surface area contributed by atoms with E-state index in [2.05, 4.69) is 38.0 Å². The van der Waals surface area contributed by atoms with Gasteiger partial charge in [0.15, 0.2) is 0 Å². The van der Waals surface area contributed by atoms with E-state index >= 15 is 0 Å². The van der Waals surface area contributed by atoms with Crippen molar-refractivity contribution in [2.45, 2.75) is 33.6 Å². The van der Waals surface area contributed by atoms with Gasteiger partial charge in [0.05, 0.1) is 6.61 Å². The van der Waals surface area contributed by atoms with Crippen LogP contribution in [0.3, 0.4) is 0 Å². The third-order valence-electron chi connectivity index (χ3n) is 3.60. The minimum Gasteiger partial charge on any atom is -0.381 e. The van der Waals surface area contributed by atoms with E-state index in [-0.39, 0.29) is 0 Å². The number of hydrogen-bond donors (Lipinski definition) is 1. The molecule has 0 amide bonds. The molecule has 0 aromatic heterocycles. The fraction of sp³-hybridized carbons (Fsp3) is 1.00. The summed E-state index contributed by atoms with van der Waals surface area (Å²) >= 11 is 0. The normalized spacial score (nSPS) is 25.8. The van der Waals surface area contributed by atoms with E-state index < -0.39 is 0 Å². The van der Waals surface area contributed by atoms with Crippen LogP contribution in [-0.4, -0.2) is 51.3 Å². The predicted octanol–water partition coefficient (Wildman–Crippen LogP) is 1.98. The second-order valence-electron chi connectivity index (χ2n) is 6.01. The van der Waals surface area contributed by atoms with Gasteiger partial charge in [-0.2, -0.15) is 0 Å². The van der Waals surface area contributed by atoms with Gasteiger partial charge in [-0.3, -0.25) is 0 Å². The van der Waals surface area contributed by atoms with Crippen LogP contribution < -0.4 is 5.32 Å². The molecule has 0 saturated carbocycles. The maximum absolute atomic E-state index is 5.72. The average Bonchev–Trinajstić information content (AvgIpc) is 2.29. The molecule has 0 radical (unpaired) electrons. The van der Waals surface area contributed by atoms with E-state index in [4.69, 9.17) is 4.74 Å². The van der Waals surface area contributed by atoms with Crippen LogP contribution in [0, 0.1) is 11.3 Å². The Morgan fingerprint density at radius 3 is 2.71 bits per heavy atom. The molecule has 0 aromatic carbocycles. The third-order valence-corrected chi connectivity index (χ3v) is 3.60. The fourth-order valence-electron chi connectivity index (χ4n) is 2.54. The molecule has 1 fully saturated rings. The number of ether oxygens (including phenoxy) is 1. The summed E-state index contributed by atoms with van der Waals surface area (Å²) in [6, 6.07) is 0. The van der Waals surface area contributed by atoms with Gasteiger partial charge in [-0.1, -0.05) is 20.8 Å². The summed E-state index contributed by atoms with van der Waals surface area (Å²) in [6.07, 6.45) is 2.50. The number of rotatable bonds is 7. The number of hydrogen-bond acceptors (Lipinski definition) is 3. The first-order valence-corrected chi connectivity index (χ1v) is 7.05. The highest BCUT2D eigenvalue weighted by Crippen LogP contribution is 2.28. The van der Waals surface area contributed by atoms with E-state index in [0.29, 0.717) is 5.41 Å². The summed E-state index contributed by atoms with van der Waals surface area (Å²) in [5.41, 5.74) is 0.331. The smallest absolute Gasteiger partial charge is 0.0546 e. The molecule has 0 aliphatic carbocycles. The van der Waals surface area contributed by atoms with Crippen molar-refractivity contribution < 1.29 is 4.74 Å². The maximum atomic E-state index is 5.72. The Labute approximate surface area is 107 Å². The second kappa shape index (κ2) is 7.34. The number of nitrogens with one attached hydrogen (secondary N) is 1. The lowest BCUT2D eigenvalue weighted by molar-refractivity contribution is -0.0222. The lowest BCUT2D eigenvalue weighted by atomic mass is 9.81. The highest BCUT2D eigenvalue weighted by molar-refractivity contribution is 4.86. The zero-order chi connectivity index (χ0) is 12.7. The summed E-state index contributed by atoms with van der Waals surface area (Å²) < 4.78 is 5.72. The fourth-order valence-corrected chi connectivity index (χ4v) is 2.54. The van der Waals surface area contributed by atoms with Crippen molar-refractivity contribution in [3.8, 4) is 0 Å². The van der Waals surface area contributed by atoms with Crippen LogP contribution in [0.15, 0.2) is 0 Å². The Morgan fingerprint density at radius 1 is 1.41 bits per heavy atom. The molecule has 0 bridgehead atoms. The summed E-state index contributed by atoms with van der Waals surface area (Å²) in [5, 5.41) is 3.62. The Hall–Kier alpha value is -0.120. The van der Waals surface area contributed by atoms with Crippen LogP contribution in [0.5, 0.6) is 0 Å². The molecule has 0 aromatic rings. The van der Waals surface area contributed by atoms with E-state index in [1.807, 2.05) is 0 Å². The van der Waals surface area contributed by atoms with Crippen LogP contribution >= 0.6 is 0 Å². The molecule has 1 rings (SSSR count). The first kappa shape index (κ1) is 14.9. The Balaban J connectivity index is 2.46. The molecule has 1 heterocycles. The van der Waals surface area contributed by atoms with Crippen molar-refractivity contribution in [1.82, 2.24) is 10.2 Å². The molecule has 3 nitrogen and oxygen atoms in total. The van der Waals surface area contributed by atoms with Crippen molar-refractivity contribution in [2.75, 3.05) is 46.4 Å². The van der Waals surface area contributed by atoms with Crippen molar-refractivity contribution in [3.63, 3.8) is 0 Å². The lowest BCUT2D eigenvalue weighted by Crippen LogP contribution is -2.48. The summed E-state index contributed by atoms with van der Waals surface area (Å²) in [5.74, 6) is 0.723. The van der Waals surface area contributed by atoms with Crippen LogP contribution in [0.2, 0.25) is 0 Å².